The quantitative estimate of drug-likeness (QED) is 0.923. The third-order valence-corrected chi connectivity index (χ3v) is 4.04. The second-order valence-electron chi connectivity index (χ2n) is 6.21. The van der Waals surface area contributed by atoms with E-state index >= 15 is 0 Å². The Morgan fingerprint density at radius 2 is 2.25 bits per heavy atom. The van der Waals surface area contributed by atoms with Crippen LogP contribution >= 0.6 is 0 Å². The Hall–Kier alpha value is -1.32. The van der Waals surface area contributed by atoms with Crippen LogP contribution in [-0.4, -0.2) is 35.7 Å². The van der Waals surface area contributed by atoms with E-state index in [0.29, 0.717) is 12.0 Å². The average molecular weight is 272 g/mol. The van der Waals surface area contributed by atoms with Crippen molar-refractivity contribution in [3.05, 3.63) is 36.0 Å². The van der Waals surface area contributed by atoms with E-state index < -0.39 is 0 Å². The molecule has 0 spiro atoms. The predicted molar refractivity (Wildman–Crippen MR) is 82.8 cm³/mol. The lowest BCUT2D eigenvalue weighted by atomic mass is 10.0. The van der Waals surface area contributed by atoms with Gasteiger partial charge in [0.2, 0.25) is 0 Å². The molecule has 0 amide bonds. The van der Waals surface area contributed by atoms with Crippen LogP contribution in [-0.2, 0) is 11.3 Å². The minimum atomic E-state index is 0.397. The summed E-state index contributed by atoms with van der Waals surface area (Å²) < 4.78 is 5.88. The third kappa shape index (κ3) is 3.05. The molecule has 1 fully saturated rings. The van der Waals surface area contributed by atoms with Gasteiger partial charge in [-0.15, -0.1) is 0 Å². The van der Waals surface area contributed by atoms with E-state index in [9.17, 15) is 0 Å². The molecule has 108 valence electrons. The smallest absolute Gasteiger partial charge is 0.0705 e. The second kappa shape index (κ2) is 5.98. The van der Waals surface area contributed by atoms with Crippen LogP contribution in [0.3, 0.4) is 0 Å². The van der Waals surface area contributed by atoms with Gasteiger partial charge in [-0.2, -0.15) is 0 Å². The molecule has 1 aliphatic heterocycles. The van der Waals surface area contributed by atoms with Gasteiger partial charge in [0.05, 0.1) is 12.7 Å². The molecule has 1 aromatic heterocycles. The number of H-pyrrole nitrogens is 1. The van der Waals surface area contributed by atoms with E-state index in [0.717, 1.165) is 32.7 Å². The zero-order valence-electron chi connectivity index (χ0n) is 12.4. The largest absolute Gasteiger partial charge is 0.376 e. The maximum Gasteiger partial charge on any atom is 0.0705 e. The lowest BCUT2D eigenvalue weighted by molar-refractivity contribution is -0.0398. The van der Waals surface area contributed by atoms with Crippen LogP contribution in [0, 0.1) is 5.92 Å². The van der Waals surface area contributed by atoms with Crippen LogP contribution in [0.2, 0.25) is 0 Å². The summed E-state index contributed by atoms with van der Waals surface area (Å²) in [4.78, 5) is 5.81. The Morgan fingerprint density at radius 3 is 3.10 bits per heavy atom. The molecule has 0 saturated carbocycles. The molecule has 0 aliphatic carbocycles. The van der Waals surface area contributed by atoms with Gasteiger partial charge in [0.1, 0.15) is 0 Å². The fraction of sp³-hybridized carbons (Fsp3) is 0.529. The molecule has 0 bridgehead atoms. The Morgan fingerprint density at radius 1 is 1.35 bits per heavy atom. The average Bonchev–Trinajstić information content (AvgIpc) is 2.88. The van der Waals surface area contributed by atoms with Crippen LogP contribution in [0.5, 0.6) is 0 Å². The van der Waals surface area contributed by atoms with E-state index in [1.165, 1.54) is 16.5 Å². The van der Waals surface area contributed by atoms with Crippen molar-refractivity contribution < 1.29 is 4.74 Å². The van der Waals surface area contributed by atoms with Gasteiger partial charge in [-0.05, 0) is 30.0 Å². The first-order valence-corrected chi connectivity index (χ1v) is 7.61. The summed E-state index contributed by atoms with van der Waals surface area (Å²) in [5.41, 5.74) is 2.64. The Kier molecular flexibility index (Phi) is 4.08. The zero-order valence-corrected chi connectivity index (χ0v) is 12.4. The van der Waals surface area contributed by atoms with Crippen LogP contribution in [0.4, 0.5) is 0 Å². The van der Waals surface area contributed by atoms with Crippen LogP contribution in [0.25, 0.3) is 10.9 Å². The SMILES string of the molecule is CC(C)C[C@H]1CN(Cc2cccc3[nH]ccc23)CCO1. The lowest BCUT2D eigenvalue weighted by Crippen LogP contribution is -2.42. The summed E-state index contributed by atoms with van der Waals surface area (Å²) in [6.45, 7) is 8.51. The summed E-state index contributed by atoms with van der Waals surface area (Å²) >= 11 is 0. The van der Waals surface area contributed by atoms with Gasteiger partial charge in [0.25, 0.3) is 0 Å². The molecular formula is C17H24N2O. The second-order valence-corrected chi connectivity index (χ2v) is 6.21. The van der Waals surface area contributed by atoms with Gasteiger partial charge < -0.3 is 9.72 Å². The molecule has 0 unspecified atom stereocenters. The lowest BCUT2D eigenvalue weighted by Gasteiger charge is -2.33. The molecule has 1 atom stereocenters. The highest BCUT2D eigenvalue weighted by Gasteiger charge is 2.21. The van der Waals surface area contributed by atoms with Gasteiger partial charge in [-0.25, -0.2) is 0 Å². The molecule has 1 aliphatic rings. The number of hydrogen-bond acceptors (Lipinski definition) is 2. The number of rotatable bonds is 4. The van der Waals surface area contributed by atoms with Crippen molar-refractivity contribution in [2.45, 2.75) is 32.9 Å². The number of nitrogens with one attached hydrogen (secondary N) is 1. The number of hydrogen-bond donors (Lipinski definition) is 1. The van der Waals surface area contributed by atoms with Crippen molar-refractivity contribution >= 4 is 10.9 Å². The molecule has 3 heteroatoms. The normalized spacial score (nSPS) is 20.9. The maximum atomic E-state index is 5.88. The summed E-state index contributed by atoms with van der Waals surface area (Å²) in [5, 5.41) is 1.35. The highest BCUT2D eigenvalue weighted by molar-refractivity contribution is 5.82. The van der Waals surface area contributed by atoms with E-state index in [1.54, 1.807) is 0 Å². The number of nitrogens with zero attached hydrogens (tertiary/aromatic N) is 1. The summed E-state index contributed by atoms with van der Waals surface area (Å²) in [7, 11) is 0. The number of aromatic nitrogens is 1. The summed E-state index contributed by atoms with van der Waals surface area (Å²) in [5.74, 6) is 0.702. The number of benzene rings is 1. The predicted octanol–water partition coefficient (Wildman–Crippen LogP) is 3.41. The fourth-order valence-corrected chi connectivity index (χ4v) is 3.12. The molecule has 20 heavy (non-hydrogen) atoms. The number of aromatic amines is 1. The number of ether oxygens (including phenoxy) is 1. The van der Waals surface area contributed by atoms with E-state index in [-0.39, 0.29) is 0 Å². The highest BCUT2D eigenvalue weighted by Crippen LogP contribution is 2.21. The highest BCUT2D eigenvalue weighted by atomic mass is 16.5. The molecule has 2 aromatic rings. The first-order chi connectivity index (χ1) is 9.72. The maximum absolute atomic E-state index is 5.88. The third-order valence-electron chi connectivity index (χ3n) is 4.04. The van der Waals surface area contributed by atoms with Gasteiger partial charge in [0.15, 0.2) is 0 Å². The molecule has 1 N–H and O–H groups in total. The first-order valence-electron chi connectivity index (χ1n) is 7.61. The van der Waals surface area contributed by atoms with Gasteiger partial charge in [0, 0.05) is 36.7 Å². The number of morpholine rings is 1. The summed E-state index contributed by atoms with van der Waals surface area (Å²) in [6.07, 6.45) is 3.58. The molecular weight excluding hydrogens is 248 g/mol. The van der Waals surface area contributed by atoms with Crippen molar-refractivity contribution in [3.8, 4) is 0 Å². The van der Waals surface area contributed by atoms with Crippen LogP contribution in [0.1, 0.15) is 25.8 Å². The minimum Gasteiger partial charge on any atom is -0.376 e. The molecule has 1 saturated heterocycles. The van der Waals surface area contributed by atoms with E-state index in [4.69, 9.17) is 4.74 Å². The van der Waals surface area contributed by atoms with Crippen molar-refractivity contribution in [1.82, 2.24) is 9.88 Å². The summed E-state index contributed by atoms with van der Waals surface area (Å²) in [6, 6.07) is 8.69. The first kappa shape index (κ1) is 13.7. The Bertz CT molecular complexity index is 561. The Balaban J connectivity index is 1.69. The van der Waals surface area contributed by atoms with Crippen LogP contribution < -0.4 is 0 Å². The molecule has 2 heterocycles. The van der Waals surface area contributed by atoms with E-state index in [1.807, 2.05) is 6.20 Å². The van der Waals surface area contributed by atoms with Crippen molar-refractivity contribution in [3.63, 3.8) is 0 Å². The molecule has 1 aromatic carbocycles. The van der Waals surface area contributed by atoms with Gasteiger partial charge in [-0.3, -0.25) is 4.90 Å². The Labute approximate surface area is 120 Å². The van der Waals surface area contributed by atoms with Crippen LogP contribution in [0.15, 0.2) is 30.5 Å². The fourth-order valence-electron chi connectivity index (χ4n) is 3.12. The van der Waals surface area contributed by atoms with Crippen molar-refractivity contribution in [2.75, 3.05) is 19.7 Å². The van der Waals surface area contributed by atoms with Gasteiger partial charge in [-0.1, -0.05) is 26.0 Å². The molecule has 3 rings (SSSR count). The standard InChI is InChI=1S/C17H24N2O/c1-13(2)10-15-12-19(8-9-20-15)11-14-4-3-5-17-16(14)6-7-18-17/h3-7,13,15,18H,8-12H2,1-2H3/t15-/m0/s1. The van der Waals surface area contributed by atoms with Crippen molar-refractivity contribution in [1.29, 1.82) is 0 Å². The topological polar surface area (TPSA) is 28.3 Å². The minimum absolute atomic E-state index is 0.397. The molecule has 3 nitrogen and oxygen atoms in total. The zero-order chi connectivity index (χ0) is 13.9. The number of fused-ring (bicyclic) bond motifs is 1. The monoisotopic (exact) mass is 272 g/mol. The van der Waals surface area contributed by atoms with Gasteiger partial charge >= 0.3 is 0 Å². The van der Waals surface area contributed by atoms with E-state index in [2.05, 4.69) is 48.0 Å². The molecule has 0 radical (unpaired) electrons. The van der Waals surface area contributed by atoms with Crippen molar-refractivity contribution in [2.24, 2.45) is 5.92 Å².